The molecule has 6 nitrogen and oxygen atoms in total. The summed E-state index contributed by atoms with van der Waals surface area (Å²) < 4.78 is 0. The maximum Gasteiger partial charge on any atom is 0.317 e. The van der Waals surface area contributed by atoms with Gasteiger partial charge in [0.1, 0.15) is 0 Å². The van der Waals surface area contributed by atoms with E-state index < -0.39 is 36.2 Å². The van der Waals surface area contributed by atoms with Gasteiger partial charge in [0.15, 0.2) is 5.92 Å². The molecule has 0 aliphatic rings. The Labute approximate surface area is 80.2 Å². The molecular weight excluding hydrogens is 192 g/mol. The Balaban J connectivity index is 4.49. The van der Waals surface area contributed by atoms with Gasteiger partial charge in [-0.3, -0.25) is 14.4 Å². The molecule has 0 saturated carbocycles. The van der Waals surface area contributed by atoms with Crippen LogP contribution >= 0.6 is 0 Å². The molecule has 0 amide bonds. The minimum absolute atomic E-state index is 0.0353. The zero-order chi connectivity index (χ0) is 11.3. The Morgan fingerprint density at radius 3 is 1.64 bits per heavy atom. The molecule has 0 aliphatic carbocycles. The third-order valence-electron chi connectivity index (χ3n) is 1.81. The van der Waals surface area contributed by atoms with Crippen LogP contribution < -0.4 is 0 Å². The molecule has 0 aromatic rings. The van der Waals surface area contributed by atoms with Crippen molar-refractivity contribution in [2.24, 2.45) is 11.8 Å². The Morgan fingerprint density at radius 1 is 1.00 bits per heavy atom. The number of hydrogen-bond acceptors (Lipinski definition) is 3. The largest absolute Gasteiger partial charge is 0.481 e. The Hall–Kier alpha value is -1.59. The van der Waals surface area contributed by atoms with E-state index in [1.54, 1.807) is 0 Å². The molecule has 0 aromatic heterocycles. The van der Waals surface area contributed by atoms with Crippen molar-refractivity contribution in [3.63, 3.8) is 0 Å². The number of carbonyl (C=O) groups is 3. The van der Waals surface area contributed by atoms with E-state index in [0.29, 0.717) is 0 Å². The third-order valence-corrected chi connectivity index (χ3v) is 1.81. The van der Waals surface area contributed by atoms with Crippen LogP contribution in [-0.4, -0.2) is 33.2 Å². The summed E-state index contributed by atoms with van der Waals surface area (Å²) in [6.45, 7) is 3.31. The second-order valence-electron chi connectivity index (χ2n) is 2.79. The molecule has 0 fully saturated rings. The van der Waals surface area contributed by atoms with Crippen LogP contribution in [-0.2, 0) is 14.4 Å². The molecule has 0 saturated heterocycles. The van der Waals surface area contributed by atoms with Crippen LogP contribution in [0.3, 0.4) is 0 Å². The maximum absolute atomic E-state index is 10.5. The molecular formula is C8H11O6. The van der Waals surface area contributed by atoms with Gasteiger partial charge in [-0.2, -0.15) is 0 Å². The molecule has 1 radical (unpaired) electrons. The van der Waals surface area contributed by atoms with Crippen LogP contribution in [0.1, 0.15) is 12.8 Å². The van der Waals surface area contributed by atoms with Gasteiger partial charge >= 0.3 is 17.9 Å². The number of aliphatic carboxylic acids is 3. The summed E-state index contributed by atoms with van der Waals surface area (Å²) in [5.74, 6) is -7.01. The second-order valence-corrected chi connectivity index (χ2v) is 2.79. The van der Waals surface area contributed by atoms with E-state index in [-0.39, 0.29) is 6.42 Å². The van der Waals surface area contributed by atoms with E-state index in [2.05, 4.69) is 6.92 Å². The number of hydrogen-bond donors (Lipinski definition) is 3. The lowest BCUT2D eigenvalue weighted by molar-refractivity contribution is -0.156. The highest BCUT2D eigenvalue weighted by atomic mass is 16.4. The van der Waals surface area contributed by atoms with Crippen molar-refractivity contribution in [1.29, 1.82) is 0 Å². The molecule has 79 valence electrons. The van der Waals surface area contributed by atoms with Crippen molar-refractivity contribution in [2.45, 2.75) is 12.8 Å². The van der Waals surface area contributed by atoms with E-state index in [4.69, 9.17) is 15.3 Å². The fourth-order valence-corrected chi connectivity index (χ4v) is 0.934. The van der Waals surface area contributed by atoms with Crippen LogP contribution in [0.4, 0.5) is 0 Å². The highest BCUT2D eigenvalue weighted by molar-refractivity contribution is 5.93. The molecule has 1 atom stereocenters. The monoisotopic (exact) mass is 203 g/mol. The molecule has 0 aromatic carbocycles. The average Bonchev–Trinajstić information content (AvgIpc) is 2.03. The van der Waals surface area contributed by atoms with Gasteiger partial charge in [0.25, 0.3) is 0 Å². The van der Waals surface area contributed by atoms with Gasteiger partial charge in [-0.25, -0.2) is 0 Å². The number of rotatable bonds is 6. The zero-order valence-corrected chi connectivity index (χ0v) is 7.34. The van der Waals surface area contributed by atoms with E-state index in [9.17, 15) is 14.4 Å². The third kappa shape index (κ3) is 3.42. The molecule has 3 N–H and O–H groups in total. The van der Waals surface area contributed by atoms with Crippen molar-refractivity contribution < 1.29 is 29.7 Å². The summed E-state index contributed by atoms with van der Waals surface area (Å²) in [5.41, 5.74) is 0. The van der Waals surface area contributed by atoms with E-state index >= 15 is 0 Å². The van der Waals surface area contributed by atoms with E-state index in [1.807, 2.05) is 0 Å². The molecule has 14 heavy (non-hydrogen) atoms. The highest BCUT2D eigenvalue weighted by Crippen LogP contribution is 2.16. The average molecular weight is 203 g/mol. The van der Waals surface area contributed by atoms with Gasteiger partial charge in [0.05, 0.1) is 5.92 Å². The van der Waals surface area contributed by atoms with Crippen molar-refractivity contribution in [3.05, 3.63) is 6.92 Å². The highest BCUT2D eigenvalue weighted by Gasteiger charge is 2.31. The molecule has 6 heteroatoms. The van der Waals surface area contributed by atoms with Gasteiger partial charge in [-0.05, 0) is 12.8 Å². The summed E-state index contributed by atoms with van der Waals surface area (Å²) in [4.78, 5) is 31.3. The lowest BCUT2D eigenvalue weighted by atomic mass is 9.93. The minimum atomic E-state index is -1.68. The predicted molar refractivity (Wildman–Crippen MR) is 44.5 cm³/mol. The first-order chi connectivity index (χ1) is 6.40. The van der Waals surface area contributed by atoms with Crippen molar-refractivity contribution in [1.82, 2.24) is 0 Å². The summed E-state index contributed by atoms with van der Waals surface area (Å²) in [7, 11) is 0. The van der Waals surface area contributed by atoms with Crippen LogP contribution in [0.25, 0.3) is 0 Å². The molecule has 0 spiro atoms. The molecule has 1 unspecified atom stereocenters. The van der Waals surface area contributed by atoms with Crippen LogP contribution in [0.5, 0.6) is 0 Å². The Bertz CT molecular complexity index is 232. The van der Waals surface area contributed by atoms with Crippen molar-refractivity contribution >= 4 is 17.9 Å². The fourth-order valence-electron chi connectivity index (χ4n) is 0.934. The maximum atomic E-state index is 10.5. The molecule has 0 rings (SSSR count). The van der Waals surface area contributed by atoms with Crippen LogP contribution in [0, 0.1) is 18.8 Å². The lowest BCUT2D eigenvalue weighted by Crippen LogP contribution is -2.28. The topological polar surface area (TPSA) is 112 Å². The van der Waals surface area contributed by atoms with E-state index in [1.165, 1.54) is 0 Å². The van der Waals surface area contributed by atoms with Gasteiger partial charge in [-0.15, -0.1) is 0 Å². The smallest absolute Gasteiger partial charge is 0.317 e. The number of carboxylic acids is 3. The lowest BCUT2D eigenvalue weighted by Gasteiger charge is -2.12. The summed E-state index contributed by atoms with van der Waals surface area (Å²) in [5, 5.41) is 25.5. The zero-order valence-electron chi connectivity index (χ0n) is 7.34. The molecule has 0 aliphatic heterocycles. The minimum Gasteiger partial charge on any atom is -0.481 e. The Kier molecular flexibility index (Phi) is 4.62. The first kappa shape index (κ1) is 12.4. The predicted octanol–water partition coefficient (Wildman–Crippen LogP) is 0.0869. The molecule has 0 heterocycles. The van der Waals surface area contributed by atoms with Gasteiger partial charge < -0.3 is 15.3 Å². The molecule has 0 bridgehead atoms. The van der Waals surface area contributed by atoms with Crippen molar-refractivity contribution in [2.75, 3.05) is 0 Å². The Morgan fingerprint density at radius 2 is 1.43 bits per heavy atom. The van der Waals surface area contributed by atoms with Gasteiger partial charge in [-0.1, -0.05) is 6.92 Å². The van der Waals surface area contributed by atoms with E-state index in [0.717, 1.165) is 0 Å². The van der Waals surface area contributed by atoms with Crippen LogP contribution in [0.2, 0.25) is 0 Å². The van der Waals surface area contributed by atoms with Crippen LogP contribution in [0.15, 0.2) is 0 Å². The standard InChI is InChI=1S/C8H11O6/c1-2-4(6(9)10)3-5(7(11)12)8(13)14/h4-5H,1-3H2,(H,9,10)(H,11,12)(H,13,14). The first-order valence-corrected chi connectivity index (χ1v) is 3.87. The summed E-state index contributed by atoms with van der Waals surface area (Å²) >= 11 is 0. The fraction of sp³-hybridized carbons (Fsp3) is 0.500. The van der Waals surface area contributed by atoms with Crippen molar-refractivity contribution in [3.8, 4) is 0 Å². The SMILES string of the molecule is [CH2]CC(CC(C(=O)O)C(=O)O)C(=O)O. The summed E-state index contributed by atoms with van der Waals surface area (Å²) in [6, 6.07) is 0. The normalized spacial score (nSPS) is 12.4. The van der Waals surface area contributed by atoms with Gasteiger partial charge in [0, 0.05) is 0 Å². The second kappa shape index (κ2) is 5.21. The quantitative estimate of drug-likeness (QED) is 0.527. The van der Waals surface area contributed by atoms with Gasteiger partial charge in [0.2, 0.25) is 0 Å². The summed E-state index contributed by atoms with van der Waals surface area (Å²) in [6.07, 6.45) is -0.476. The number of carboxylic acid groups (broad SMARTS) is 3. The first-order valence-electron chi connectivity index (χ1n) is 3.87.